The molecule has 2 rings (SSSR count). The van der Waals surface area contributed by atoms with Crippen molar-refractivity contribution in [1.29, 1.82) is 0 Å². The third-order valence-corrected chi connectivity index (χ3v) is 5.39. The minimum Gasteiger partial charge on any atom is -0.183 e. The van der Waals surface area contributed by atoms with Gasteiger partial charge in [-0.2, -0.15) is 14.0 Å². The molecule has 0 atom stereocenters. The molecule has 0 radical (unpaired) electrons. The van der Waals surface area contributed by atoms with E-state index in [0.29, 0.717) is 0 Å². The van der Waals surface area contributed by atoms with Crippen LogP contribution in [0.25, 0.3) is 0 Å². The van der Waals surface area contributed by atoms with Crippen LogP contribution in [-0.2, 0) is 4.29 Å². The minimum atomic E-state index is -4.30. The Morgan fingerprint density at radius 3 is 2.00 bits per heavy atom. The fourth-order valence-electron chi connectivity index (χ4n) is 1.48. The maximum atomic E-state index is 10.3. The van der Waals surface area contributed by atoms with E-state index in [1.807, 2.05) is 0 Å². The van der Waals surface area contributed by atoms with Gasteiger partial charge >= 0.3 is 4.77 Å². The predicted molar refractivity (Wildman–Crippen MR) is 45.5 cm³/mol. The topological polar surface area (TPSA) is 78.4 Å². The molecule has 1 aliphatic heterocycles. The Labute approximate surface area is 92.4 Å². The van der Waals surface area contributed by atoms with E-state index in [9.17, 15) is 14.0 Å². The lowest BCUT2D eigenvalue weighted by Crippen LogP contribution is -2.61. The Kier molecular flexibility index (Phi) is 3.33. The molecular weight excluding hydrogens is 248 g/mol. The van der Waals surface area contributed by atoms with Gasteiger partial charge in [0.1, 0.15) is 0 Å². The van der Waals surface area contributed by atoms with Gasteiger partial charge in [-0.05, 0) is 35.5 Å². The summed E-state index contributed by atoms with van der Waals surface area (Å²) in [6, 6.07) is 0. The molecular formula is C7H9ClO4S2. The summed E-state index contributed by atoms with van der Waals surface area (Å²) < 4.78 is 34.8. The number of hydrogen-bond donors (Lipinski definition) is 0. The van der Waals surface area contributed by atoms with Crippen LogP contribution in [0.2, 0.25) is 0 Å². The number of rotatable bonds is 2. The maximum Gasteiger partial charge on any atom is 0.313 e. The van der Waals surface area contributed by atoms with E-state index in [1.54, 1.807) is 0 Å². The van der Waals surface area contributed by atoms with Crippen LogP contribution in [0.15, 0.2) is 9.81 Å². The third kappa shape index (κ3) is 2.79. The molecule has 14 heavy (non-hydrogen) atoms. The highest BCUT2D eigenvalue weighted by molar-refractivity contribution is 8.23. The first-order valence-corrected chi connectivity index (χ1v) is 7.18. The van der Waals surface area contributed by atoms with E-state index in [1.165, 1.54) is 33.3 Å². The van der Waals surface area contributed by atoms with Crippen molar-refractivity contribution in [1.82, 2.24) is 0 Å². The molecule has 0 fully saturated rings. The van der Waals surface area contributed by atoms with Crippen molar-refractivity contribution in [3.05, 3.63) is 9.81 Å². The number of thioether (sulfide) groups is 2. The summed E-state index contributed by atoms with van der Waals surface area (Å²) in [5.74, 6) is 0. The van der Waals surface area contributed by atoms with Gasteiger partial charge in [-0.25, -0.2) is 0 Å². The van der Waals surface area contributed by atoms with Crippen LogP contribution in [0.5, 0.6) is 0 Å². The summed E-state index contributed by atoms with van der Waals surface area (Å²) in [6.07, 6.45) is 4.26. The van der Waals surface area contributed by atoms with Crippen molar-refractivity contribution in [3.8, 4) is 0 Å². The molecule has 0 bridgehead atoms. The van der Waals surface area contributed by atoms with E-state index in [4.69, 9.17) is 0 Å². The maximum absolute atomic E-state index is 10.3. The molecule has 0 saturated heterocycles. The third-order valence-electron chi connectivity index (χ3n) is 2.03. The van der Waals surface area contributed by atoms with E-state index in [0.717, 1.165) is 25.7 Å². The summed E-state index contributed by atoms with van der Waals surface area (Å²) >= 11 is 2.71. The average molecular weight is 257 g/mol. The second kappa shape index (κ2) is 4.21. The first kappa shape index (κ1) is 11.1. The van der Waals surface area contributed by atoms with Crippen LogP contribution in [0.1, 0.15) is 25.7 Å². The van der Waals surface area contributed by atoms with Crippen molar-refractivity contribution in [2.24, 2.45) is 0 Å². The quantitative estimate of drug-likeness (QED) is 0.660. The largest absolute Gasteiger partial charge is 0.313 e. The average Bonchev–Trinajstić information content (AvgIpc) is 2.42. The van der Waals surface area contributed by atoms with Crippen LogP contribution >= 0.6 is 23.5 Å². The van der Waals surface area contributed by atoms with Gasteiger partial charge in [0.15, 0.2) is 0 Å². The molecule has 0 spiro atoms. The summed E-state index contributed by atoms with van der Waals surface area (Å²) in [5, 5.41) is 0. The second-order valence-electron chi connectivity index (χ2n) is 3.04. The predicted octanol–water partition coefficient (Wildman–Crippen LogP) is -0.551. The van der Waals surface area contributed by atoms with E-state index < -0.39 is 15.0 Å². The van der Waals surface area contributed by atoms with Crippen LogP contribution in [0, 0.1) is 10.2 Å². The smallest absolute Gasteiger partial charge is 0.183 e. The fourth-order valence-corrected chi connectivity index (χ4v) is 5.12. The van der Waals surface area contributed by atoms with E-state index in [-0.39, 0.29) is 0 Å². The molecule has 0 unspecified atom stereocenters. The van der Waals surface area contributed by atoms with Gasteiger partial charge < -0.3 is 0 Å². The molecule has 0 aromatic heterocycles. The highest BCUT2D eigenvalue weighted by atomic mass is 35.7. The highest BCUT2D eigenvalue weighted by Crippen LogP contribution is 2.52. The van der Waals surface area contributed by atoms with E-state index >= 15 is 0 Å². The van der Waals surface area contributed by atoms with Gasteiger partial charge in [0.2, 0.25) is 0 Å². The highest BCUT2D eigenvalue weighted by Gasteiger charge is 2.38. The van der Waals surface area contributed by atoms with Crippen LogP contribution < -0.4 is 14.0 Å². The summed E-state index contributed by atoms with van der Waals surface area (Å²) in [4.78, 5) is 2.40. The van der Waals surface area contributed by atoms with Crippen LogP contribution in [0.4, 0.5) is 0 Å². The van der Waals surface area contributed by atoms with Gasteiger partial charge in [-0.15, -0.1) is 0 Å². The molecule has 4 nitrogen and oxygen atoms in total. The Bertz CT molecular complexity index is 245. The molecule has 1 heterocycles. The zero-order chi connectivity index (χ0) is 10.2. The Morgan fingerprint density at radius 1 is 1.07 bits per heavy atom. The van der Waals surface area contributed by atoms with Gasteiger partial charge in [-0.1, -0.05) is 23.5 Å². The molecule has 1 aliphatic carbocycles. The molecule has 80 valence electrons. The van der Waals surface area contributed by atoms with Gasteiger partial charge in [0.25, 0.3) is 0 Å². The first-order chi connectivity index (χ1) is 6.54. The van der Waals surface area contributed by atoms with Crippen molar-refractivity contribution in [2.75, 3.05) is 0 Å². The number of hydrogen-bond acceptors (Lipinski definition) is 6. The number of halogens is 1. The molecule has 2 aliphatic rings. The lowest BCUT2D eigenvalue weighted by atomic mass is 10.1. The number of allylic oxidation sites excluding steroid dienone is 2. The molecule has 7 heteroatoms. The molecule has 0 N–H and O–H groups in total. The fraction of sp³-hybridized carbons (Fsp3) is 0.714. The Morgan fingerprint density at radius 2 is 1.57 bits per heavy atom. The van der Waals surface area contributed by atoms with Crippen molar-refractivity contribution < 1.29 is 28.5 Å². The van der Waals surface area contributed by atoms with E-state index in [2.05, 4.69) is 4.29 Å². The summed E-state index contributed by atoms with van der Waals surface area (Å²) in [6.45, 7) is 0. The standard InChI is InChI=1S/C7H9ClO4S2/c9-8(10,11)12-7-13-5-3-1-2-4-6(5)14-7/h7H,1-4H2. The van der Waals surface area contributed by atoms with Crippen LogP contribution in [0.3, 0.4) is 0 Å². The molecule has 0 aromatic carbocycles. The molecule has 0 aromatic rings. The summed E-state index contributed by atoms with van der Waals surface area (Å²) in [5.41, 5.74) is 0. The van der Waals surface area contributed by atoms with Gasteiger partial charge in [0, 0.05) is 0 Å². The SMILES string of the molecule is [O-][Cl+3]([O-])([O-])OC1SC2=C(CCCC2)S1. The lowest BCUT2D eigenvalue weighted by molar-refractivity contribution is -1.92. The minimum absolute atomic E-state index is 0.595. The first-order valence-electron chi connectivity index (χ1n) is 4.19. The van der Waals surface area contributed by atoms with Crippen molar-refractivity contribution in [3.63, 3.8) is 0 Å². The van der Waals surface area contributed by atoms with Crippen molar-refractivity contribution in [2.45, 2.75) is 30.5 Å². The lowest BCUT2D eigenvalue weighted by Gasteiger charge is -2.14. The van der Waals surface area contributed by atoms with Crippen LogP contribution in [-0.4, -0.2) is 4.77 Å². The molecule has 0 saturated carbocycles. The van der Waals surface area contributed by atoms with Crippen molar-refractivity contribution >= 4 is 23.5 Å². The Hall–Kier alpha value is 0.570. The monoisotopic (exact) mass is 256 g/mol. The van der Waals surface area contributed by atoms with Gasteiger partial charge in [-0.3, -0.25) is 0 Å². The van der Waals surface area contributed by atoms with Gasteiger partial charge in [0.05, 0.1) is 14.5 Å². The zero-order valence-corrected chi connectivity index (χ0v) is 9.62. The Balaban J connectivity index is 1.92. The summed E-state index contributed by atoms with van der Waals surface area (Å²) in [7, 11) is -4.30. The zero-order valence-electron chi connectivity index (χ0n) is 7.23. The second-order valence-corrected chi connectivity index (χ2v) is 6.59. The molecule has 0 amide bonds. The normalized spacial score (nSPS) is 24.2.